The molecule has 0 aromatic rings. The van der Waals surface area contributed by atoms with Gasteiger partial charge in [-0.25, -0.2) is 0 Å². The van der Waals surface area contributed by atoms with Crippen LogP contribution in [0, 0.1) is 0 Å². The van der Waals surface area contributed by atoms with Crippen LogP contribution in [0.25, 0.3) is 0 Å². The number of ketones is 1. The molecule has 5 heteroatoms. The summed E-state index contributed by atoms with van der Waals surface area (Å²) in [7, 11) is 0. The Hall–Kier alpha value is 0.550. The van der Waals surface area contributed by atoms with Crippen LogP contribution >= 0.6 is 47.0 Å². The van der Waals surface area contributed by atoms with E-state index in [1.165, 1.54) is 0 Å². The molecule has 2 aliphatic heterocycles. The van der Waals surface area contributed by atoms with Gasteiger partial charge < -0.3 is 0 Å². The number of hydrogen-bond donors (Lipinski definition) is 0. The molecule has 2 rings (SSSR count). The molecule has 12 heavy (non-hydrogen) atoms. The maximum atomic E-state index is 11.7. The first kappa shape index (κ1) is 9.12. The van der Waals surface area contributed by atoms with Crippen LogP contribution in [0.5, 0.6) is 0 Å². The monoisotopic (exact) mass is 234 g/mol. The summed E-state index contributed by atoms with van der Waals surface area (Å²) in [5.74, 6) is 0.343. The molecule has 0 radical (unpaired) electrons. The van der Waals surface area contributed by atoms with E-state index < -0.39 is 0 Å². The van der Waals surface area contributed by atoms with Crippen molar-refractivity contribution >= 4 is 52.8 Å². The average molecular weight is 234 g/mol. The van der Waals surface area contributed by atoms with Gasteiger partial charge in [0.25, 0.3) is 0 Å². The van der Waals surface area contributed by atoms with Crippen LogP contribution in [0.4, 0.5) is 0 Å². The van der Waals surface area contributed by atoms with Crippen molar-refractivity contribution < 1.29 is 4.79 Å². The molecule has 1 nitrogen and oxygen atoms in total. The first-order valence-corrected chi connectivity index (χ1v) is 7.10. The Morgan fingerprint density at radius 1 is 0.833 bits per heavy atom. The molecule has 0 spiro atoms. The summed E-state index contributed by atoms with van der Waals surface area (Å²) in [6.07, 6.45) is 0. The molecule has 2 aliphatic rings. The summed E-state index contributed by atoms with van der Waals surface area (Å²) in [5.41, 5.74) is 0. The Morgan fingerprint density at radius 3 is 1.50 bits per heavy atom. The molecule has 0 aromatic heterocycles. The molecule has 0 saturated carbocycles. The number of rotatable bonds is 2. The zero-order valence-electron chi connectivity index (χ0n) is 6.01. The minimum atomic E-state index is 0.106. The Bertz CT molecular complexity index is 208. The molecule has 2 heterocycles. The van der Waals surface area contributed by atoms with Gasteiger partial charge in [-0.3, -0.25) is 4.79 Å². The maximum absolute atomic E-state index is 11.7. The third-order valence-electron chi connectivity index (χ3n) is 1.38. The molecule has 0 aliphatic carbocycles. The molecular formula is C7H6OS4. The highest BCUT2D eigenvalue weighted by Crippen LogP contribution is 2.41. The second kappa shape index (κ2) is 4.17. The van der Waals surface area contributed by atoms with Gasteiger partial charge in [-0.1, -0.05) is 0 Å². The standard InChI is InChI=1S/C7H6OS4/c8-5(6-9-1-2-10-6)7-11-3-4-12-7/h1-4,6-7H. The molecule has 0 N–H and O–H groups in total. The lowest BCUT2D eigenvalue weighted by Crippen LogP contribution is -2.19. The van der Waals surface area contributed by atoms with Gasteiger partial charge in [0, 0.05) is 0 Å². The fourth-order valence-electron chi connectivity index (χ4n) is 0.857. The van der Waals surface area contributed by atoms with Gasteiger partial charge in [-0.05, 0) is 21.6 Å². The molecule has 0 fully saturated rings. The van der Waals surface area contributed by atoms with E-state index in [-0.39, 0.29) is 9.16 Å². The fraction of sp³-hybridized carbons (Fsp3) is 0.286. The third kappa shape index (κ3) is 1.89. The molecule has 0 unspecified atom stereocenters. The summed E-state index contributed by atoms with van der Waals surface area (Å²) in [6.45, 7) is 0. The summed E-state index contributed by atoms with van der Waals surface area (Å²) in [6, 6.07) is 0. The van der Waals surface area contributed by atoms with Gasteiger partial charge in [0.1, 0.15) is 9.16 Å². The van der Waals surface area contributed by atoms with E-state index in [4.69, 9.17) is 0 Å². The number of thioether (sulfide) groups is 4. The quantitative estimate of drug-likeness (QED) is 0.728. The van der Waals surface area contributed by atoms with E-state index in [0.29, 0.717) is 5.78 Å². The molecular weight excluding hydrogens is 228 g/mol. The van der Waals surface area contributed by atoms with E-state index in [1.54, 1.807) is 47.0 Å². The highest BCUT2D eigenvalue weighted by atomic mass is 32.2. The number of carbonyl (C=O) groups is 1. The summed E-state index contributed by atoms with van der Waals surface area (Å²) >= 11 is 6.46. The molecule has 0 atom stereocenters. The lowest BCUT2D eigenvalue weighted by Gasteiger charge is -2.10. The normalized spacial score (nSPS) is 24.0. The molecule has 0 saturated heterocycles. The predicted octanol–water partition coefficient (Wildman–Crippen LogP) is 3.11. The highest BCUT2D eigenvalue weighted by molar-refractivity contribution is 8.25. The van der Waals surface area contributed by atoms with E-state index in [0.717, 1.165) is 0 Å². The van der Waals surface area contributed by atoms with E-state index in [1.807, 2.05) is 21.6 Å². The summed E-state index contributed by atoms with van der Waals surface area (Å²) in [4.78, 5) is 11.7. The number of hydrogen-bond acceptors (Lipinski definition) is 5. The molecule has 0 amide bonds. The van der Waals surface area contributed by atoms with Crippen molar-refractivity contribution in [2.45, 2.75) is 9.16 Å². The first-order chi connectivity index (χ1) is 5.88. The van der Waals surface area contributed by atoms with Crippen LogP contribution < -0.4 is 0 Å². The van der Waals surface area contributed by atoms with Crippen LogP contribution in [0.3, 0.4) is 0 Å². The SMILES string of the molecule is O=C(C1SC=CS1)C1SC=CS1. The Kier molecular flexibility index (Phi) is 3.17. The highest BCUT2D eigenvalue weighted by Gasteiger charge is 2.30. The topological polar surface area (TPSA) is 17.1 Å². The van der Waals surface area contributed by atoms with Crippen LogP contribution in [0.2, 0.25) is 0 Å². The number of carbonyl (C=O) groups excluding carboxylic acids is 1. The Balaban J connectivity index is 1.91. The minimum Gasteiger partial charge on any atom is -0.295 e. The Labute approximate surface area is 88.2 Å². The summed E-state index contributed by atoms with van der Waals surface area (Å²) < 4.78 is 0.213. The second-order valence-corrected chi connectivity index (χ2v) is 6.81. The van der Waals surface area contributed by atoms with Crippen molar-refractivity contribution in [3.8, 4) is 0 Å². The molecule has 0 bridgehead atoms. The van der Waals surface area contributed by atoms with Gasteiger partial charge in [0.2, 0.25) is 0 Å². The summed E-state index contributed by atoms with van der Waals surface area (Å²) in [5, 5.41) is 7.96. The van der Waals surface area contributed by atoms with E-state index in [2.05, 4.69) is 0 Å². The van der Waals surface area contributed by atoms with Crippen LogP contribution in [0.15, 0.2) is 21.6 Å². The predicted molar refractivity (Wildman–Crippen MR) is 61.2 cm³/mol. The van der Waals surface area contributed by atoms with Gasteiger partial charge in [-0.15, -0.1) is 47.0 Å². The van der Waals surface area contributed by atoms with Crippen LogP contribution in [-0.2, 0) is 4.79 Å². The minimum absolute atomic E-state index is 0.106. The van der Waals surface area contributed by atoms with Gasteiger partial charge in [0.15, 0.2) is 5.78 Å². The van der Waals surface area contributed by atoms with Crippen LogP contribution in [0.1, 0.15) is 0 Å². The van der Waals surface area contributed by atoms with Gasteiger partial charge >= 0.3 is 0 Å². The van der Waals surface area contributed by atoms with Crippen molar-refractivity contribution in [1.29, 1.82) is 0 Å². The zero-order chi connectivity index (χ0) is 8.39. The largest absolute Gasteiger partial charge is 0.295 e. The lowest BCUT2D eigenvalue weighted by atomic mass is 10.5. The fourth-order valence-corrected chi connectivity index (χ4v) is 5.16. The Morgan fingerprint density at radius 2 is 1.17 bits per heavy atom. The maximum Gasteiger partial charge on any atom is 0.180 e. The third-order valence-corrected chi connectivity index (χ3v) is 6.15. The number of Topliss-reactive ketones (excluding diaryl/α,β-unsaturated/α-hetero) is 1. The van der Waals surface area contributed by atoms with Gasteiger partial charge in [-0.2, -0.15) is 0 Å². The van der Waals surface area contributed by atoms with Crippen molar-refractivity contribution in [1.82, 2.24) is 0 Å². The average Bonchev–Trinajstić information content (AvgIpc) is 2.77. The van der Waals surface area contributed by atoms with Crippen molar-refractivity contribution in [2.24, 2.45) is 0 Å². The van der Waals surface area contributed by atoms with Crippen molar-refractivity contribution in [3.05, 3.63) is 21.6 Å². The van der Waals surface area contributed by atoms with Crippen LogP contribution in [-0.4, -0.2) is 14.9 Å². The second-order valence-electron chi connectivity index (χ2n) is 2.15. The van der Waals surface area contributed by atoms with Crippen molar-refractivity contribution in [2.75, 3.05) is 0 Å². The van der Waals surface area contributed by atoms with E-state index in [9.17, 15) is 4.79 Å². The van der Waals surface area contributed by atoms with Crippen molar-refractivity contribution in [3.63, 3.8) is 0 Å². The molecule has 0 aromatic carbocycles. The molecule has 64 valence electrons. The zero-order valence-corrected chi connectivity index (χ0v) is 9.27. The van der Waals surface area contributed by atoms with E-state index >= 15 is 0 Å². The first-order valence-electron chi connectivity index (χ1n) is 3.33. The van der Waals surface area contributed by atoms with Gasteiger partial charge in [0.05, 0.1) is 0 Å². The smallest absolute Gasteiger partial charge is 0.180 e. The lowest BCUT2D eigenvalue weighted by molar-refractivity contribution is -0.115.